The van der Waals surface area contributed by atoms with Crippen molar-refractivity contribution in [1.29, 1.82) is 0 Å². The second kappa shape index (κ2) is 11.0. The Morgan fingerprint density at radius 2 is 0.977 bits per heavy atom. The lowest BCUT2D eigenvalue weighted by atomic mass is 10.0. The maximum Gasteiger partial charge on any atom is 0.0709 e. The monoisotopic (exact) mass is 563 g/mol. The molecule has 3 heteroatoms. The molecule has 0 spiro atoms. The maximum atomic E-state index is 4.89. The van der Waals surface area contributed by atoms with E-state index in [1.165, 1.54) is 22.0 Å². The molecule has 0 amide bonds. The zero-order valence-corrected chi connectivity index (χ0v) is 24.1. The molecule has 0 atom stereocenters. The van der Waals surface area contributed by atoms with Gasteiger partial charge in [-0.1, -0.05) is 97.1 Å². The summed E-state index contributed by atoms with van der Waals surface area (Å²) < 4.78 is 2.24. The Morgan fingerprint density at radius 1 is 0.409 bits per heavy atom. The molecule has 0 saturated heterocycles. The quantitative estimate of drug-likeness (QED) is 0.201. The summed E-state index contributed by atoms with van der Waals surface area (Å²) in [5, 5.41) is 2.40. The minimum absolute atomic E-state index is 0.974. The van der Waals surface area contributed by atoms with Crippen LogP contribution in [-0.2, 0) is 0 Å². The number of aromatic nitrogens is 2. The van der Waals surface area contributed by atoms with Crippen LogP contribution >= 0.6 is 0 Å². The van der Waals surface area contributed by atoms with Crippen LogP contribution in [0.1, 0.15) is 0 Å². The average molecular weight is 564 g/mol. The number of benzene rings is 6. The van der Waals surface area contributed by atoms with Crippen molar-refractivity contribution in [3.8, 4) is 28.1 Å². The van der Waals surface area contributed by atoms with E-state index in [-0.39, 0.29) is 0 Å². The Labute approximate surface area is 256 Å². The Kier molecular flexibility index (Phi) is 6.47. The molecule has 2 aromatic heterocycles. The van der Waals surface area contributed by atoms with E-state index in [1.54, 1.807) is 0 Å². The van der Waals surface area contributed by atoms with Crippen LogP contribution in [0.4, 0.5) is 17.1 Å². The zero-order chi connectivity index (χ0) is 29.3. The van der Waals surface area contributed by atoms with Gasteiger partial charge in [0, 0.05) is 39.9 Å². The first kappa shape index (κ1) is 25.8. The third kappa shape index (κ3) is 4.81. The van der Waals surface area contributed by atoms with Crippen LogP contribution in [-0.4, -0.2) is 9.55 Å². The summed E-state index contributed by atoms with van der Waals surface area (Å²) in [4.78, 5) is 7.19. The first-order valence-electron chi connectivity index (χ1n) is 14.9. The smallest absolute Gasteiger partial charge is 0.0709 e. The predicted molar refractivity (Wildman–Crippen MR) is 184 cm³/mol. The third-order valence-corrected chi connectivity index (χ3v) is 8.24. The van der Waals surface area contributed by atoms with Gasteiger partial charge in [0.05, 0.1) is 16.7 Å². The summed E-state index contributed by atoms with van der Waals surface area (Å²) in [7, 11) is 0. The highest BCUT2D eigenvalue weighted by atomic mass is 15.1. The van der Waals surface area contributed by atoms with Gasteiger partial charge in [-0.3, -0.25) is 0 Å². The lowest BCUT2D eigenvalue weighted by Crippen LogP contribution is -2.09. The normalized spacial score (nSPS) is 11.2. The standard InChI is InChI=1S/C41H29N3/c1-2-10-36(11-3-1)44(38-25-18-33(19-26-38)40-27-20-32-8-4-6-12-39(32)42-40)37-23-16-31(17-24-37)30-14-21-35(22-15-30)43-29-28-34-9-5-7-13-41(34)43/h1-29H. The molecule has 6 aromatic carbocycles. The topological polar surface area (TPSA) is 21.1 Å². The molecule has 44 heavy (non-hydrogen) atoms. The molecule has 0 aliphatic heterocycles. The second-order valence-electron chi connectivity index (χ2n) is 10.9. The largest absolute Gasteiger partial charge is 0.317 e. The summed E-state index contributed by atoms with van der Waals surface area (Å²) in [6.45, 7) is 0. The molecule has 8 aromatic rings. The van der Waals surface area contributed by atoms with Crippen molar-refractivity contribution in [3.05, 3.63) is 176 Å². The second-order valence-corrected chi connectivity index (χ2v) is 10.9. The lowest BCUT2D eigenvalue weighted by molar-refractivity contribution is 1.13. The molecule has 0 aliphatic rings. The number of fused-ring (bicyclic) bond motifs is 2. The fraction of sp³-hybridized carbons (Fsp3) is 0. The van der Waals surface area contributed by atoms with E-state index in [0.717, 1.165) is 44.9 Å². The van der Waals surface area contributed by atoms with Crippen molar-refractivity contribution in [2.24, 2.45) is 0 Å². The molecule has 0 fully saturated rings. The van der Waals surface area contributed by atoms with Gasteiger partial charge in [-0.2, -0.15) is 0 Å². The maximum absolute atomic E-state index is 4.89. The highest BCUT2D eigenvalue weighted by molar-refractivity contribution is 5.84. The van der Waals surface area contributed by atoms with Crippen molar-refractivity contribution in [2.75, 3.05) is 4.90 Å². The SMILES string of the molecule is c1ccc(N(c2ccc(-c3ccc(-n4ccc5ccccc54)cc3)cc2)c2ccc(-c3ccc4ccccc4n3)cc2)cc1. The highest BCUT2D eigenvalue weighted by Crippen LogP contribution is 2.36. The van der Waals surface area contributed by atoms with Gasteiger partial charge in [0.2, 0.25) is 0 Å². The van der Waals surface area contributed by atoms with E-state index in [0.29, 0.717) is 0 Å². The number of rotatable bonds is 6. The van der Waals surface area contributed by atoms with Gasteiger partial charge in [0.1, 0.15) is 0 Å². The number of para-hydroxylation sites is 3. The summed E-state index contributed by atoms with van der Waals surface area (Å²) in [6.07, 6.45) is 2.14. The van der Waals surface area contributed by atoms with Crippen LogP contribution in [0.15, 0.2) is 176 Å². The summed E-state index contributed by atoms with van der Waals surface area (Å²) in [5.41, 5.74) is 11.1. The molecule has 0 aliphatic carbocycles. The number of pyridine rings is 1. The molecular weight excluding hydrogens is 534 g/mol. The van der Waals surface area contributed by atoms with E-state index in [4.69, 9.17) is 4.98 Å². The molecular formula is C41H29N3. The zero-order valence-electron chi connectivity index (χ0n) is 24.1. The first-order valence-corrected chi connectivity index (χ1v) is 14.9. The number of hydrogen-bond donors (Lipinski definition) is 0. The molecule has 0 N–H and O–H groups in total. The van der Waals surface area contributed by atoms with Crippen LogP contribution in [0.25, 0.3) is 49.9 Å². The van der Waals surface area contributed by atoms with E-state index in [1.807, 2.05) is 12.1 Å². The minimum Gasteiger partial charge on any atom is -0.317 e. The predicted octanol–water partition coefficient (Wildman–Crippen LogP) is 11.0. The van der Waals surface area contributed by atoms with Gasteiger partial charge in [0.15, 0.2) is 0 Å². The van der Waals surface area contributed by atoms with Crippen molar-refractivity contribution in [2.45, 2.75) is 0 Å². The summed E-state index contributed by atoms with van der Waals surface area (Å²) >= 11 is 0. The van der Waals surface area contributed by atoms with Crippen molar-refractivity contribution < 1.29 is 0 Å². The van der Waals surface area contributed by atoms with E-state index < -0.39 is 0 Å². The highest BCUT2D eigenvalue weighted by Gasteiger charge is 2.13. The van der Waals surface area contributed by atoms with Gasteiger partial charge < -0.3 is 9.47 Å². The average Bonchev–Trinajstić information content (AvgIpc) is 3.54. The van der Waals surface area contributed by atoms with Gasteiger partial charge in [-0.05, 0) is 89.3 Å². The lowest BCUT2D eigenvalue weighted by Gasteiger charge is -2.26. The first-order chi connectivity index (χ1) is 21.8. The van der Waals surface area contributed by atoms with Gasteiger partial charge in [0.25, 0.3) is 0 Å². The number of anilines is 3. The molecule has 0 saturated carbocycles. The molecule has 208 valence electrons. The van der Waals surface area contributed by atoms with Crippen LogP contribution in [0, 0.1) is 0 Å². The van der Waals surface area contributed by atoms with E-state index >= 15 is 0 Å². The molecule has 0 bridgehead atoms. The fourth-order valence-electron chi connectivity index (χ4n) is 5.96. The Balaban J connectivity index is 1.09. The van der Waals surface area contributed by atoms with Gasteiger partial charge in [-0.15, -0.1) is 0 Å². The van der Waals surface area contributed by atoms with Gasteiger partial charge >= 0.3 is 0 Å². The molecule has 0 radical (unpaired) electrons. The van der Waals surface area contributed by atoms with E-state index in [9.17, 15) is 0 Å². The van der Waals surface area contributed by atoms with Crippen LogP contribution in [0.2, 0.25) is 0 Å². The Bertz CT molecular complexity index is 2200. The van der Waals surface area contributed by atoms with E-state index in [2.05, 4.69) is 173 Å². The van der Waals surface area contributed by atoms with Crippen molar-refractivity contribution in [3.63, 3.8) is 0 Å². The van der Waals surface area contributed by atoms with Crippen molar-refractivity contribution >= 4 is 38.9 Å². The molecule has 3 nitrogen and oxygen atoms in total. The number of hydrogen-bond acceptors (Lipinski definition) is 2. The molecule has 8 rings (SSSR count). The van der Waals surface area contributed by atoms with Crippen LogP contribution < -0.4 is 4.90 Å². The third-order valence-electron chi connectivity index (χ3n) is 8.24. The molecule has 2 heterocycles. The summed E-state index contributed by atoms with van der Waals surface area (Å²) in [6, 6.07) is 59.9. The summed E-state index contributed by atoms with van der Waals surface area (Å²) in [5.74, 6) is 0. The van der Waals surface area contributed by atoms with Crippen LogP contribution in [0.5, 0.6) is 0 Å². The fourth-order valence-corrected chi connectivity index (χ4v) is 5.96. The minimum atomic E-state index is 0.974. The Hall–Kier alpha value is -5.93. The van der Waals surface area contributed by atoms with Crippen LogP contribution in [0.3, 0.4) is 0 Å². The number of nitrogens with zero attached hydrogens (tertiary/aromatic N) is 3. The Morgan fingerprint density at radius 3 is 1.70 bits per heavy atom. The molecule has 0 unspecified atom stereocenters. The van der Waals surface area contributed by atoms with Crippen molar-refractivity contribution in [1.82, 2.24) is 9.55 Å². The van der Waals surface area contributed by atoms with Gasteiger partial charge in [-0.25, -0.2) is 4.98 Å².